The van der Waals surface area contributed by atoms with Crippen LogP contribution in [0.25, 0.3) is 0 Å². The summed E-state index contributed by atoms with van der Waals surface area (Å²) in [6.07, 6.45) is 26.6. The largest absolute Gasteiger partial charge is 0.369 e. The lowest BCUT2D eigenvalue weighted by Gasteiger charge is -2.11. The first-order chi connectivity index (χ1) is 13.2. The SMILES string of the molecule is CCCCCCCCCCCCCCCCCCCCC(CCCl)C(N)=O. The summed E-state index contributed by atoms with van der Waals surface area (Å²) >= 11 is 5.72. The minimum absolute atomic E-state index is 0.0106. The topological polar surface area (TPSA) is 43.1 Å². The van der Waals surface area contributed by atoms with E-state index in [2.05, 4.69) is 6.92 Å². The molecule has 0 rings (SSSR count). The van der Waals surface area contributed by atoms with Crippen LogP contribution in [0.5, 0.6) is 0 Å². The number of nitrogens with two attached hydrogens (primary N) is 1. The Kier molecular flexibility index (Phi) is 21.9. The molecule has 2 nitrogen and oxygen atoms in total. The number of hydrogen-bond acceptors (Lipinski definition) is 1. The third-order valence-corrected chi connectivity index (χ3v) is 5.98. The normalized spacial score (nSPS) is 12.4. The molecule has 0 heterocycles. The van der Waals surface area contributed by atoms with E-state index < -0.39 is 0 Å². The van der Waals surface area contributed by atoms with Crippen molar-refractivity contribution >= 4 is 17.5 Å². The number of amides is 1. The predicted molar refractivity (Wildman–Crippen MR) is 121 cm³/mol. The zero-order valence-corrected chi connectivity index (χ0v) is 19.0. The van der Waals surface area contributed by atoms with Gasteiger partial charge in [-0.05, 0) is 12.8 Å². The van der Waals surface area contributed by atoms with E-state index in [9.17, 15) is 4.79 Å². The van der Waals surface area contributed by atoms with Crippen molar-refractivity contribution in [1.82, 2.24) is 0 Å². The van der Waals surface area contributed by atoms with Crippen molar-refractivity contribution < 1.29 is 4.79 Å². The van der Waals surface area contributed by atoms with Gasteiger partial charge in [0.25, 0.3) is 0 Å². The number of alkyl halides is 1. The molecule has 0 radical (unpaired) electrons. The Hall–Kier alpha value is -0.240. The Bertz CT molecular complexity index is 309. The fourth-order valence-electron chi connectivity index (χ4n) is 3.85. The van der Waals surface area contributed by atoms with E-state index in [0.717, 1.165) is 19.3 Å². The Morgan fingerprint density at radius 2 is 0.963 bits per heavy atom. The molecule has 27 heavy (non-hydrogen) atoms. The van der Waals surface area contributed by atoms with E-state index in [4.69, 9.17) is 17.3 Å². The second-order valence-electron chi connectivity index (χ2n) is 8.38. The molecule has 0 aromatic rings. The summed E-state index contributed by atoms with van der Waals surface area (Å²) in [5.74, 6) is 0.346. The molecule has 0 aromatic carbocycles. The molecule has 0 bridgehead atoms. The summed E-state index contributed by atoms with van der Waals surface area (Å²) in [4.78, 5) is 11.3. The van der Waals surface area contributed by atoms with Gasteiger partial charge >= 0.3 is 0 Å². The summed E-state index contributed by atoms with van der Waals surface area (Å²) < 4.78 is 0. The van der Waals surface area contributed by atoms with Gasteiger partial charge in [-0.3, -0.25) is 4.79 Å². The van der Waals surface area contributed by atoms with E-state index in [1.54, 1.807) is 0 Å². The van der Waals surface area contributed by atoms with E-state index >= 15 is 0 Å². The first-order valence-corrected chi connectivity index (χ1v) is 12.6. The van der Waals surface area contributed by atoms with Crippen molar-refractivity contribution in [2.45, 2.75) is 135 Å². The fourth-order valence-corrected chi connectivity index (χ4v) is 4.12. The summed E-state index contributed by atoms with van der Waals surface area (Å²) in [6.45, 7) is 2.29. The van der Waals surface area contributed by atoms with E-state index in [1.807, 2.05) is 0 Å². The molecule has 1 unspecified atom stereocenters. The molecule has 1 amide bonds. The third-order valence-electron chi connectivity index (χ3n) is 5.77. The maximum atomic E-state index is 11.3. The van der Waals surface area contributed by atoms with Crippen molar-refractivity contribution in [3.8, 4) is 0 Å². The summed E-state index contributed by atoms with van der Waals surface area (Å²) in [5.41, 5.74) is 5.40. The van der Waals surface area contributed by atoms with Gasteiger partial charge in [0.2, 0.25) is 5.91 Å². The van der Waals surface area contributed by atoms with Gasteiger partial charge < -0.3 is 5.73 Å². The number of primary amides is 1. The molecule has 162 valence electrons. The summed E-state index contributed by atoms with van der Waals surface area (Å²) in [5, 5.41) is 0. The average molecular weight is 402 g/mol. The van der Waals surface area contributed by atoms with Crippen molar-refractivity contribution in [3.63, 3.8) is 0 Å². The quantitative estimate of drug-likeness (QED) is 0.144. The van der Waals surface area contributed by atoms with Crippen LogP contribution in [-0.4, -0.2) is 11.8 Å². The maximum Gasteiger partial charge on any atom is 0.220 e. The van der Waals surface area contributed by atoms with Gasteiger partial charge in [-0.15, -0.1) is 11.6 Å². The summed E-state index contributed by atoms with van der Waals surface area (Å²) in [6, 6.07) is 0. The molecule has 3 heteroatoms. The van der Waals surface area contributed by atoms with Gasteiger partial charge in [0.05, 0.1) is 0 Å². The predicted octanol–water partition coefficient (Wildman–Crippen LogP) is 8.15. The standard InChI is InChI=1S/C24H48ClNO/c1-2-3-4-5-6-7-8-9-10-11-12-13-14-15-16-17-18-19-20-23(21-22-25)24(26)27/h23H,2-22H2,1H3,(H2,26,27). The minimum atomic E-state index is -0.178. The van der Waals surface area contributed by atoms with Crippen LogP contribution in [0.1, 0.15) is 135 Å². The highest BCUT2D eigenvalue weighted by atomic mass is 35.5. The molecule has 2 N–H and O–H groups in total. The molecule has 0 aromatic heterocycles. The highest BCUT2D eigenvalue weighted by Gasteiger charge is 2.13. The van der Waals surface area contributed by atoms with Crippen LogP contribution < -0.4 is 5.73 Å². The lowest BCUT2D eigenvalue weighted by molar-refractivity contribution is -0.122. The van der Waals surface area contributed by atoms with Crippen LogP contribution in [0, 0.1) is 5.92 Å². The van der Waals surface area contributed by atoms with E-state index in [0.29, 0.717) is 5.88 Å². The summed E-state index contributed by atoms with van der Waals surface area (Å²) in [7, 11) is 0. The van der Waals surface area contributed by atoms with Crippen molar-refractivity contribution in [2.24, 2.45) is 11.7 Å². The van der Waals surface area contributed by atoms with Crippen LogP contribution in [-0.2, 0) is 4.79 Å². The van der Waals surface area contributed by atoms with Gasteiger partial charge in [-0.25, -0.2) is 0 Å². The molecule has 0 aliphatic heterocycles. The molecular formula is C24H48ClNO. The number of unbranched alkanes of at least 4 members (excludes halogenated alkanes) is 17. The van der Waals surface area contributed by atoms with E-state index in [-0.39, 0.29) is 11.8 Å². The smallest absolute Gasteiger partial charge is 0.220 e. The highest BCUT2D eigenvalue weighted by molar-refractivity contribution is 6.17. The van der Waals surface area contributed by atoms with Crippen molar-refractivity contribution in [3.05, 3.63) is 0 Å². The van der Waals surface area contributed by atoms with Gasteiger partial charge in [-0.2, -0.15) is 0 Å². The fraction of sp³-hybridized carbons (Fsp3) is 0.958. The van der Waals surface area contributed by atoms with Gasteiger partial charge in [0, 0.05) is 11.8 Å². The second kappa shape index (κ2) is 22.1. The van der Waals surface area contributed by atoms with Crippen molar-refractivity contribution in [2.75, 3.05) is 5.88 Å². The van der Waals surface area contributed by atoms with Crippen LogP contribution in [0.15, 0.2) is 0 Å². The van der Waals surface area contributed by atoms with Crippen LogP contribution >= 0.6 is 11.6 Å². The third kappa shape index (κ3) is 20.3. The second-order valence-corrected chi connectivity index (χ2v) is 8.75. The van der Waals surface area contributed by atoms with Crippen LogP contribution in [0.3, 0.4) is 0 Å². The minimum Gasteiger partial charge on any atom is -0.369 e. The number of hydrogen-bond donors (Lipinski definition) is 1. The first kappa shape index (κ1) is 26.8. The van der Waals surface area contributed by atoms with Crippen LogP contribution in [0.4, 0.5) is 0 Å². The lowest BCUT2D eigenvalue weighted by atomic mass is 9.97. The number of rotatable bonds is 22. The van der Waals surface area contributed by atoms with Crippen LogP contribution in [0.2, 0.25) is 0 Å². The molecule has 0 spiro atoms. The Morgan fingerprint density at radius 3 is 1.26 bits per heavy atom. The first-order valence-electron chi connectivity index (χ1n) is 12.1. The number of carbonyl (C=O) groups is 1. The zero-order chi connectivity index (χ0) is 20.0. The Balaban J connectivity index is 3.15. The Morgan fingerprint density at radius 1 is 0.630 bits per heavy atom. The van der Waals surface area contributed by atoms with Crippen molar-refractivity contribution in [1.29, 1.82) is 0 Å². The number of halogens is 1. The van der Waals surface area contributed by atoms with Gasteiger partial charge in [-0.1, -0.05) is 122 Å². The van der Waals surface area contributed by atoms with Gasteiger partial charge in [0.15, 0.2) is 0 Å². The zero-order valence-electron chi connectivity index (χ0n) is 18.3. The molecule has 1 atom stereocenters. The van der Waals surface area contributed by atoms with Gasteiger partial charge in [0.1, 0.15) is 0 Å². The molecule has 0 saturated heterocycles. The number of carbonyl (C=O) groups excluding carboxylic acids is 1. The monoisotopic (exact) mass is 401 g/mol. The maximum absolute atomic E-state index is 11.3. The highest BCUT2D eigenvalue weighted by Crippen LogP contribution is 2.17. The molecule has 0 saturated carbocycles. The Labute approximate surface area is 175 Å². The molecular weight excluding hydrogens is 354 g/mol. The lowest BCUT2D eigenvalue weighted by Crippen LogP contribution is -2.23. The molecule has 0 aliphatic carbocycles. The molecule has 0 aliphatic rings. The molecule has 0 fully saturated rings. The van der Waals surface area contributed by atoms with E-state index in [1.165, 1.54) is 109 Å². The average Bonchev–Trinajstić information content (AvgIpc) is 2.66.